The van der Waals surface area contributed by atoms with Crippen molar-refractivity contribution in [2.75, 3.05) is 46.9 Å². The van der Waals surface area contributed by atoms with Gasteiger partial charge in [0.05, 0.1) is 14.2 Å². The van der Waals surface area contributed by atoms with Crippen LogP contribution in [0.3, 0.4) is 0 Å². The fraction of sp³-hybridized carbons (Fsp3) is 0.571. The van der Waals surface area contributed by atoms with Crippen LogP contribution in [0.1, 0.15) is 5.56 Å². The van der Waals surface area contributed by atoms with E-state index in [0.29, 0.717) is 0 Å². The predicted molar refractivity (Wildman–Crippen MR) is 72.6 cm³/mol. The van der Waals surface area contributed by atoms with E-state index in [9.17, 15) is 0 Å². The van der Waals surface area contributed by atoms with Gasteiger partial charge in [0.2, 0.25) is 0 Å². The van der Waals surface area contributed by atoms with Crippen LogP contribution in [0, 0.1) is 0 Å². The van der Waals surface area contributed by atoms with Gasteiger partial charge in [-0.05, 0) is 30.2 Å². The lowest BCUT2D eigenvalue weighted by atomic mass is 10.1. The summed E-state index contributed by atoms with van der Waals surface area (Å²) in [5.74, 6) is 1.84. The van der Waals surface area contributed by atoms with Gasteiger partial charge in [-0.2, -0.15) is 0 Å². The summed E-state index contributed by atoms with van der Waals surface area (Å²) in [6, 6.07) is 5.99. The van der Waals surface area contributed by atoms with Crippen LogP contribution in [-0.2, 0) is 6.42 Å². The lowest BCUT2D eigenvalue weighted by Gasteiger charge is -2.27. The SMILES string of the molecule is COc1ccc(OC)c(CCN2CCNCC2)c1. The number of ether oxygens (including phenoxy) is 2. The van der Waals surface area contributed by atoms with E-state index in [4.69, 9.17) is 9.47 Å². The summed E-state index contributed by atoms with van der Waals surface area (Å²) in [4.78, 5) is 2.48. The predicted octanol–water partition coefficient (Wildman–Crippen LogP) is 1.15. The molecule has 1 aromatic carbocycles. The van der Waals surface area contributed by atoms with E-state index in [0.717, 1.165) is 50.6 Å². The zero-order chi connectivity index (χ0) is 12.8. The highest BCUT2D eigenvalue weighted by atomic mass is 16.5. The van der Waals surface area contributed by atoms with Gasteiger partial charge in [-0.15, -0.1) is 0 Å². The Morgan fingerprint density at radius 3 is 2.61 bits per heavy atom. The molecule has 1 N–H and O–H groups in total. The molecule has 4 heteroatoms. The van der Waals surface area contributed by atoms with Crippen LogP contribution in [0.15, 0.2) is 18.2 Å². The van der Waals surface area contributed by atoms with Crippen molar-refractivity contribution in [3.05, 3.63) is 23.8 Å². The Morgan fingerprint density at radius 1 is 1.17 bits per heavy atom. The molecule has 1 aromatic rings. The van der Waals surface area contributed by atoms with Gasteiger partial charge in [0.15, 0.2) is 0 Å². The number of benzene rings is 1. The van der Waals surface area contributed by atoms with Crippen LogP contribution in [0.5, 0.6) is 11.5 Å². The molecule has 1 fully saturated rings. The minimum Gasteiger partial charge on any atom is -0.497 e. The summed E-state index contributed by atoms with van der Waals surface area (Å²) in [5.41, 5.74) is 1.22. The first-order chi connectivity index (χ1) is 8.83. The monoisotopic (exact) mass is 250 g/mol. The molecule has 4 nitrogen and oxygen atoms in total. The molecule has 0 radical (unpaired) electrons. The second kappa shape index (κ2) is 6.61. The van der Waals surface area contributed by atoms with E-state index >= 15 is 0 Å². The van der Waals surface area contributed by atoms with Crippen molar-refractivity contribution in [1.29, 1.82) is 0 Å². The minimum atomic E-state index is 0.895. The second-order valence-corrected chi connectivity index (χ2v) is 4.52. The third kappa shape index (κ3) is 3.37. The normalized spacial score (nSPS) is 16.6. The highest BCUT2D eigenvalue weighted by Crippen LogP contribution is 2.24. The minimum absolute atomic E-state index is 0.895. The number of nitrogens with zero attached hydrogens (tertiary/aromatic N) is 1. The van der Waals surface area contributed by atoms with Gasteiger partial charge in [-0.25, -0.2) is 0 Å². The molecule has 100 valence electrons. The van der Waals surface area contributed by atoms with Gasteiger partial charge in [0.25, 0.3) is 0 Å². The Bertz CT molecular complexity index is 376. The number of piperazine rings is 1. The molecule has 0 aliphatic carbocycles. The summed E-state index contributed by atoms with van der Waals surface area (Å²) < 4.78 is 10.7. The summed E-state index contributed by atoms with van der Waals surface area (Å²) in [5, 5.41) is 3.37. The lowest BCUT2D eigenvalue weighted by molar-refractivity contribution is 0.243. The molecule has 2 rings (SSSR count). The van der Waals surface area contributed by atoms with Gasteiger partial charge in [-0.1, -0.05) is 0 Å². The molecule has 1 heterocycles. The fourth-order valence-electron chi connectivity index (χ4n) is 2.29. The van der Waals surface area contributed by atoms with E-state index in [1.54, 1.807) is 14.2 Å². The second-order valence-electron chi connectivity index (χ2n) is 4.52. The molecule has 18 heavy (non-hydrogen) atoms. The number of hydrogen-bond acceptors (Lipinski definition) is 4. The van der Waals surface area contributed by atoms with E-state index in [1.807, 2.05) is 12.1 Å². The smallest absolute Gasteiger partial charge is 0.122 e. The fourth-order valence-corrected chi connectivity index (χ4v) is 2.29. The van der Waals surface area contributed by atoms with Crippen molar-refractivity contribution in [3.8, 4) is 11.5 Å². The van der Waals surface area contributed by atoms with E-state index in [2.05, 4.69) is 16.3 Å². The molecular weight excluding hydrogens is 228 g/mol. The Morgan fingerprint density at radius 2 is 1.94 bits per heavy atom. The average molecular weight is 250 g/mol. The highest BCUT2D eigenvalue weighted by molar-refractivity contribution is 5.40. The maximum absolute atomic E-state index is 5.40. The van der Waals surface area contributed by atoms with Crippen LogP contribution in [0.2, 0.25) is 0 Å². The first kappa shape index (κ1) is 13.2. The van der Waals surface area contributed by atoms with Crippen LogP contribution in [0.4, 0.5) is 0 Å². The first-order valence-corrected chi connectivity index (χ1v) is 6.47. The Hall–Kier alpha value is -1.26. The molecule has 0 aromatic heterocycles. The first-order valence-electron chi connectivity index (χ1n) is 6.47. The third-order valence-electron chi connectivity index (χ3n) is 3.39. The average Bonchev–Trinajstić information content (AvgIpc) is 2.45. The molecule has 0 bridgehead atoms. The zero-order valence-corrected chi connectivity index (χ0v) is 11.2. The Kier molecular flexibility index (Phi) is 4.84. The number of hydrogen-bond donors (Lipinski definition) is 1. The third-order valence-corrected chi connectivity index (χ3v) is 3.39. The van der Waals surface area contributed by atoms with Crippen molar-refractivity contribution in [3.63, 3.8) is 0 Å². The quantitative estimate of drug-likeness (QED) is 0.850. The maximum Gasteiger partial charge on any atom is 0.122 e. The van der Waals surface area contributed by atoms with Crippen LogP contribution >= 0.6 is 0 Å². The molecule has 1 saturated heterocycles. The Labute approximate surface area is 109 Å². The van der Waals surface area contributed by atoms with Crippen LogP contribution in [-0.4, -0.2) is 51.8 Å². The van der Waals surface area contributed by atoms with Gasteiger partial charge < -0.3 is 19.7 Å². The van der Waals surface area contributed by atoms with Crippen molar-refractivity contribution >= 4 is 0 Å². The number of methoxy groups -OCH3 is 2. The van der Waals surface area contributed by atoms with Crippen molar-refractivity contribution < 1.29 is 9.47 Å². The molecule has 1 aliphatic heterocycles. The molecule has 0 saturated carbocycles. The summed E-state index contributed by atoms with van der Waals surface area (Å²) in [7, 11) is 3.41. The summed E-state index contributed by atoms with van der Waals surface area (Å²) >= 11 is 0. The van der Waals surface area contributed by atoms with Gasteiger partial charge >= 0.3 is 0 Å². The number of rotatable bonds is 5. The molecule has 0 spiro atoms. The zero-order valence-electron chi connectivity index (χ0n) is 11.2. The van der Waals surface area contributed by atoms with E-state index in [1.165, 1.54) is 5.56 Å². The van der Waals surface area contributed by atoms with Gasteiger partial charge in [0, 0.05) is 32.7 Å². The molecule has 1 aliphatic rings. The van der Waals surface area contributed by atoms with Crippen molar-refractivity contribution in [2.45, 2.75) is 6.42 Å². The molecule has 0 unspecified atom stereocenters. The van der Waals surface area contributed by atoms with E-state index < -0.39 is 0 Å². The van der Waals surface area contributed by atoms with Crippen molar-refractivity contribution in [1.82, 2.24) is 10.2 Å². The summed E-state index contributed by atoms with van der Waals surface area (Å²) in [6.45, 7) is 5.52. The standard InChI is InChI=1S/C14H22N2O2/c1-17-13-3-4-14(18-2)12(11-13)5-8-16-9-6-15-7-10-16/h3-4,11,15H,5-10H2,1-2H3. The van der Waals surface area contributed by atoms with Crippen LogP contribution in [0.25, 0.3) is 0 Å². The van der Waals surface area contributed by atoms with Crippen LogP contribution < -0.4 is 14.8 Å². The van der Waals surface area contributed by atoms with Gasteiger partial charge in [0.1, 0.15) is 11.5 Å². The Balaban J connectivity index is 1.97. The number of nitrogens with one attached hydrogen (secondary N) is 1. The van der Waals surface area contributed by atoms with E-state index in [-0.39, 0.29) is 0 Å². The van der Waals surface area contributed by atoms with Gasteiger partial charge in [-0.3, -0.25) is 0 Å². The molecular formula is C14H22N2O2. The largest absolute Gasteiger partial charge is 0.497 e. The summed E-state index contributed by atoms with van der Waals surface area (Å²) in [6.07, 6.45) is 1.00. The molecule has 0 amide bonds. The van der Waals surface area contributed by atoms with Crippen molar-refractivity contribution in [2.24, 2.45) is 0 Å². The maximum atomic E-state index is 5.40. The molecule has 0 atom stereocenters. The lowest BCUT2D eigenvalue weighted by Crippen LogP contribution is -2.44. The topological polar surface area (TPSA) is 33.7 Å². The highest BCUT2D eigenvalue weighted by Gasteiger charge is 2.11.